The zero-order valence-corrected chi connectivity index (χ0v) is 23.8. The van der Waals surface area contributed by atoms with Gasteiger partial charge in [-0.15, -0.1) is 0 Å². The minimum absolute atomic E-state index is 0.00434. The van der Waals surface area contributed by atoms with E-state index in [-0.39, 0.29) is 31.6 Å². The molecule has 2 rings (SSSR count). The second-order valence-electron chi connectivity index (χ2n) is 8.57. The smallest absolute Gasteiger partial charge is 0.453 e. The first-order valence-corrected chi connectivity index (χ1v) is 13.8. The van der Waals surface area contributed by atoms with Crippen molar-refractivity contribution >= 4 is 25.9 Å². The Balaban J connectivity index is 2.12. The van der Waals surface area contributed by atoms with Crippen LogP contribution in [0.2, 0.25) is 0 Å². The van der Waals surface area contributed by atoms with Gasteiger partial charge in [0.2, 0.25) is 5.91 Å². The van der Waals surface area contributed by atoms with Crippen LogP contribution in [0.5, 0.6) is 0 Å². The van der Waals surface area contributed by atoms with Crippen molar-refractivity contribution < 1.29 is 46.7 Å². The van der Waals surface area contributed by atoms with E-state index in [1.807, 2.05) is 6.92 Å². The lowest BCUT2D eigenvalue weighted by atomic mass is 10.0. The van der Waals surface area contributed by atoms with Gasteiger partial charge in [-0.25, -0.2) is 18.9 Å². The lowest BCUT2D eigenvalue weighted by molar-refractivity contribution is -0.123. The number of methoxy groups -OCH3 is 2. The fraction of sp³-hybridized carbons (Fsp3) is 0.682. The van der Waals surface area contributed by atoms with Crippen molar-refractivity contribution in [1.82, 2.24) is 25.5 Å². The van der Waals surface area contributed by atoms with E-state index in [2.05, 4.69) is 30.4 Å². The number of aromatic nitrogens is 2. The van der Waals surface area contributed by atoms with Crippen LogP contribution in [0.15, 0.2) is 15.8 Å². The lowest BCUT2D eigenvalue weighted by Gasteiger charge is -2.27. The summed E-state index contributed by atoms with van der Waals surface area (Å²) in [7, 11) is 0.861. The number of nitrogens with one attached hydrogen (secondary N) is 4. The zero-order valence-electron chi connectivity index (χ0n) is 22.9. The monoisotopic (exact) mass is 593 g/mol. The highest BCUT2D eigenvalue weighted by molar-refractivity contribution is 7.48. The summed E-state index contributed by atoms with van der Waals surface area (Å²) in [5.41, 5.74) is -1.24. The average Bonchev–Trinajstić information content (AvgIpc) is 3.39. The molecular weight excluding hydrogens is 557 g/mol. The molecule has 0 bridgehead atoms. The van der Waals surface area contributed by atoms with Crippen LogP contribution in [-0.4, -0.2) is 87.4 Å². The number of aromatic amines is 1. The normalized spacial score (nSPS) is 18.4. The Morgan fingerprint density at radius 1 is 1.12 bits per heavy atom. The van der Waals surface area contributed by atoms with E-state index in [1.54, 1.807) is 0 Å². The van der Waals surface area contributed by atoms with Crippen molar-refractivity contribution in [3.05, 3.63) is 32.6 Å². The number of nitrogens with zero attached hydrogens (tertiary/aromatic N) is 1. The molecule has 4 atom stereocenters. The number of hydrogen-bond acceptors (Lipinski definition) is 12. The maximum absolute atomic E-state index is 13.0. The van der Waals surface area contributed by atoms with Crippen molar-refractivity contribution in [2.24, 2.45) is 0 Å². The first kappa shape index (κ1) is 33.0. The predicted molar refractivity (Wildman–Crippen MR) is 138 cm³/mol. The Bertz CT molecular complexity index is 1180. The van der Waals surface area contributed by atoms with Crippen molar-refractivity contribution in [2.75, 3.05) is 41.6 Å². The van der Waals surface area contributed by atoms with Crippen LogP contribution in [0.4, 0.5) is 9.59 Å². The van der Waals surface area contributed by atoms with Crippen LogP contribution < -0.4 is 27.2 Å². The molecule has 226 valence electrons. The van der Waals surface area contributed by atoms with E-state index in [4.69, 9.17) is 18.3 Å². The summed E-state index contributed by atoms with van der Waals surface area (Å²) in [5.74, 6) is -0.648. The van der Waals surface area contributed by atoms with Gasteiger partial charge in [0.25, 0.3) is 5.56 Å². The summed E-state index contributed by atoms with van der Waals surface area (Å²) in [6, 6.07) is -2.03. The van der Waals surface area contributed by atoms with E-state index in [0.717, 1.165) is 11.7 Å². The first-order valence-electron chi connectivity index (χ1n) is 12.3. The van der Waals surface area contributed by atoms with Gasteiger partial charge in [-0.3, -0.25) is 32.7 Å². The number of hydrogen-bond donors (Lipinski definition) is 4. The standard InChI is InChI=1S/C22H36N5O12P/c1-6-7-15(24-21(31)34-2)17(25-22(32)35-3)19(29)23-9-8-13-11-27(20(30)26-18(13)28)16-10-14(12-38-16)39-40(33,36-4)37-5/h11,14-17H,6-10,12H2,1-5H3,(H,23,29)(H,24,31)(H,25,32)(H,26,28,30)/t14?,15?,16-,17?/m0/s1. The highest BCUT2D eigenvalue weighted by atomic mass is 31.2. The van der Waals surface area contributed by atoms with Crippen LogP contribution in [0, 0.1) is 0 Å². The van der Waals surface area contributed by atoms with Crippen LogP contribution in [-0.2, 0) is 43.6 Å². The molecule has 1 saturated heterocycles. The van der Waals surface area contributed by atoms with Crippen LogP contribution in [0.3, 0.4) is 0 Å². The van der Waals surface area contributed by atoms with Gasteiger partial charge in [0.1, 0.15) is 12.3 Å². The van der Waals surface area contributed by atoms with Gasteiger partial charge in [0.05, 0.1) is 33.0 Å². The molecule has 4 N–H and O–H groups in total. The molecule has 1 fully saturated rings. The molecule has 0 aliphatic carbocycles. The predicted octanol–water partition coefficient (Wildman–Crippen LogP) is 0.150. The number of H-pyrrole nitrogens is 1. The minimum Gasteiger partial charge on any atom is -0.453 e. The molecule has 1 aromatic heterocycles. The van der Waals surface area contributed by atoms with Crippen molar-refractivity contribution in [1.29, 1.82) is 0 Å². The molecule has 1 aliphatic rings. The highest BCUT2D eigenvalue weighted by Gasteiger charge is 2.36. The second kappa shape index (κ2) is 15.5. The number of rotatable bonds is 14. The molecule has 40 heavy (non-hydrogen) atoms. The van der Waals surface area contributed by atoms with Gasteiger partial charge in [-0.1, -0.05) is 13.3 Å². The third kappa shape index (κ3) is 9.16. The molecule has 0 spiro atoms. The maximum Gasteiger partial charge on any atom is 0.474 e. The highest BCUT2D eigenvalue weighted by Crippen LogP contribution is 2.50. The van der Waals surface area contributed by atoms with E-state index in [0.29, 0.717) is 12.8 Å². The summed E-state index contributed by atoms with van der Waals surface area (Å²) in [5, 5.41) is 7.54. The number of amides is 3. The molecule has 1 aliphatic heterocycles. The Morgan fingerprint density at radius 2 is 1.77 bits per heavy atom. The average molecular weight is 594 g/mol. The number of ether oxygens (including phenoxy) is 3. The minimum atomic E-state index is -3.77. The topological polar surface area (TPSA) is 215 Å². The molecule has 0 aromatic carbocycles. The molecule has 1 aromatic rings. The van der Waals surface area contributed by atoms with Gasteiger partial charge in [-0.2, -0.15) is 0 Å². The van der Waals surface area contributed by atoms with Crippen LogP contribution in [0.25, 0.3) is 0 Å². The van der Waals surface area contributed by atoms with Gasteiger partial charge in [0.15, 0.2) is 0 Å². The Kier molecular flexibility index (Phi) is 12.8. The number of alkyl carbamates (subject to hydrolysis) is 2. The summed E-state index contributed by atoms with van der Waals surface area (Å²) in [6.45, 7) is 1.76. The third-order valence-corrected chi connectivity index (χ3v) is 7.39. The summed E-state index contributed by atoms with van der Waals surface area (Å²) in [4.78, 5) is 63.7. The Hall–Kier alpha value is -3.24. The van der Waals surface area contributed by atoms with Crippen LogP contribution in [0.1, 0.15) is 38.0 Å². The number of phosphoric ester groups is 1. The van der Waals surface area contributed by atoms with Crippen molar-refractivity contribution in [2.45, 2.75) is 57.0 Å². The molecule has 18 heteroatoms. The quantitative estimate of drug-likeness (QED) is 0.212. The van der Waals surface area contributed by atoms with Gasteiger partial charge in [0, 0.05) is 38.9 Å². The zero-order chi connectivity index (χ0) is 29.9. The number of phosphoric acid groups is 1. The maximum atomic E-state index is 13.0. The number of carbonyl (C=O) groups excluding carboxylic acids is 3. The van der Waals surface area contributed by atoms with Gasteiger partial charge >= 0.3 is 25.7 Å². The largest absolute Gasteiger partial charge is 0.474 e. The van der Waals surface area contributed by atoms with E-state index in [1.165, 1.54) is 27.5 Å². The third-order valence-electron chi connectivity index (χ3n) is 5.94. The molecule has 3 amide bonds. The molecule has 2 heterocycles. The SMILES string of the molecule is CCCC(NC(=O)OC)C(NC(=O)OC)C(=O)NCCc1cn([C@@H]2CC(OP(=O)(OC)OC)CO2)c(=O)[nH]c1=O. The fourth-order valence-electron chi connectivity index (χ4n) is 3.92. The van der Waals surface area contributed by atoms with E-state index < -0.39 is 61.6 Å². The second-order valence-corrected chi connectivity index (χ2v) is 10.4. The molecular formula is C22H36N5O12P. The molecule has 0 saturated carbocycles. The summed E-state index contributed by atoms with van der Waals surface area (Å²) < 4.78 is 43.0. The molecule has 0 radical (unpaired) electrons. The fourth-order valence-corrected chi connectivity index (χ4v) is 4.75. The van der Waals surface area contributed by atoms with E-state index in [9.17, 15) is 28.5 Å². The van der Waals surface area contributed by atoms with Crippen LogP contribution >= 0.6 is 7.82 Å². The Morgan fingerprint density at radius 3 is 2.38 bits per heavy atom. The lowest BCUT2D eigenvalue weighted by Crippen LogP contribution is -2.58. The molecule has 17 nitrogen and oxygen atoms in total. The van der Waals surface area contributed by atoms with E-state index >= 15 is 0 Å². The first-order chi connectivity index (χ1) is 19.0. The van der Waals surface area contributed by atoms with Gasteiger partial charge < -0.3 is 30.2 Å². The van der Waals surface area contributed by atoms with Gasteiger partial charge in [-0.05, 0) is 12.8 Å². The number of carbonyl (C=O) groups is 3. The Labute approximate surface area is 229 Å². The summed E-state index contributed by atoms with van der Waals surface area (Å²) >= 11 is 0. The summed E-state index contributed by atoms with van der Waals surface area (Å²) in [6.07, 6.45) is -0.886. The van der Waals surface area contributed by atoms with Crippen molar-refractivity contribution in [3.63, 3.8) is 0 Å². The van der Waals surface area contributed by atoms with Crippen molar-refractivity contribution in [3.8, 4) is 0 Å². The molecule has 3 unspecified atom stereocenters.